The first kappa shape index (κ1) is 14.3. The highest BCUT2D eigenvalue weighted by Gasteiger charge is 2.33. The van der Waals surface area contributed by atoms with Crippen LogP contribution in [0.2, 0.25) is 5.02 Å². The maximum atomic E-state index is 12.1. The van der Waals surface area contributed by atoms with Crippen LogP contribution in [0.4, 0.5) is 0 Å². The molecule has 2 rings (SSSR count). The van der Waals surface area contributed by atoms with Gasteiger partial charge in [0.05, 0.1) is 5.02 Å². The third-order valence-corrected chi connectivity index (χ3v) is 6.69. The summed E-state index contributed by atoms with van der Waals surface area (Å²) in [6.45, 7) is 2.11. The highest BCUT2D eigenvalue weighted by molar-refractivity contribution is 8.26. The zero-order valence-electron chi connectivity index (χ0n) is 9.78. The summed E-state index contributed by atoms with van der Waals surface area (Å²) in [5, 5.41) is 0.493. The van der Waals surface area contributed by atoms with E-state index in [0.717, 1.165) is 9.99 Å². The number of carbonyl (C=O) groups is 1. The molecule has 1 aliphatic rings. The largest absolute Gasteiger partial charge is 0.289 e. The van der Waals surface area contributed by atoms with Gasteiger partial charge >= 0.3 is 0 Å². The van der Waals surface area contributed by atoms with E-state index in [9.17, 15) is 4.79 Å². The lowest BCUT2D eigenvalue weighted by molar-refractivity contribution is 0.104. The molecule has 0 amide bonds. The number of carbonyl (C=O) groups excluding carboxylic acids is 1. The summed E-state index contributed by atoms with van der Waals surface area (Å²) in [7, 11) is 0. The van der Waals surface area contributed by atoms with E-state index in [-0.39, 0.29) is 10.5 Å². The van der Waals surface area contributed by atoms with Gasteiger partial charge in [0, 0.05) is 32.3 Å². The summed E-state index contributed by atoms with van der Waals surface area (Å²) in [6.07, 6.45) is 1.66. The molecule has 1 aromatic carbocycles. The van der Waals surface area contributed by atoms with Gasteiger partial charge in [0.25, 0.3) is 0 Å². The van der Waals surface area contributed by atoms with Gasteiger partial charge in [-0.1, -0.05) is 23.7 Å². The molecule has 0 radical (unpaired) electrons. The Morgan fingerprint density at radius 3 is 2.83 bits per heavy atom. The van der Waals surface area contributed by atoms with Crippen molar-refractivity contribution >= 4 is 52.5 Å². The molecule has 1 fully saturated rings. The lowest BCUT2D eigenvalue weighted by Gasteiger charge is -2.16. The predicted molar refractivity (Wildman–Crippen MR) is 83.0 cm³/mol. The highest BCUT2D eigenvalue weighted by atomic mass is 35.5. The Kier molecular flexibility index (Phi) is 4.70. The maximum absolute atomic E-state index is 12.1. The molecule has 0 bridgehead atoms. The second kappa shape index (κ2) is 5.91. The smallest absolute Gasteiger partial charge is 0.188 e. The number of thioether (sulfide) groups is 2. The van der Waals surface area contributed by atoms with Crippen molar-refractivity contribution in [2.75, 3.05) is 11.6 Å². The van der Waals surface area contributed by atoms with Gasteiger partial charge in [0.2, 0.25) is 0 Å². The van der Waals surface area contributed by atoms with Crippen molar-refractivity contribution in [2.45, 2.75) is 11.7 Å². The Bertz CT molecular complexity index is 502. The number of allylic oxidation sites excluding steroid dienone is 1. The Morgan fingerprint density at radius 2 is 2.22 bits per heavy atom. The molecule has 1 saturated heterocycles. The highest BCUT2D eigenvalue weighted by Crippen LogP contribution is 2.49. The van der Waals surface area contributed by atoms with Gasteiger partial charge in [-0.25, -0.2) is 0 Å². The predicted octanol–water partition coefficient (Wildman–Crippen LogP) is 4.84. The number of halogens is 2. The third-order valence-electron chi connectivity index (χ3n) is 2.54. The van der Waals surface area contributed by atoms with E-state index in [1.54, 1.807) is 41.7 Å². The van der Waals surface area contributed by atoms with Crippen molar-refractivity contribution in [1.82, 2.24) is 0 Å². The van der Waals surface area contributed by atoms with Crippen LogP contribution in [0, 0.1) is 0 Å². The molecule has 0 aliphatic carbocycles. The number of hydrogen-bond acceptors (Lipinski definition) is 3. The number of benzene rings is 1. The number of alkyl halides is 1. The molecule has 0 spiro atoms. The van der Waals surface area contributed by atoms with E-state index in [1.807, 2.05) is 12.1 Å². The van der Waals surface area contributed by atoms with Crippen LogP contribution < -0.4 is 0 Å². The molecule has 1 aliphatic heterocycles. The van der Waals surface area contributed by atoms with Crippen molar-refractivity contribution in [3.63, 3.8) is 0 Å². The van der Waals surface area contributed by atoms with Crippen molar-refractivity contribution in [3.8, 4) is 0 Å². The molecular formula is C13H12Cl2OS2. The van der Waals surface area contributed by atoms with Gasteiger partial charge in [-0.15, -0.1) is 35.1 Å². The molecule has 5 heteroatoms. The number of hydrogen-bond donors (Lipinski definition) is 0. The minimum atomic E-state index is -0.0468. The number of rotatable bonds is 3. The van der Waals surface area contributed by atoms with Gasteiger partial charge in [0.15, 0.2) is 5.78 Å². The molecule has 1 nitrogen and oxygen atoms in total. The van der Waals surface area contributed by atoms with Gasteiger partial charge in [-0.2, -0.15) is 0 Å². The zero-order chi connectivity index (χ0) is 13.2. The molecule has 1 atom stereocenters. The Morgan fingerprint density at radius 1 is 1.50 bits per heavy atom. The van der Waals surface area contributed by atoms with Crippen molar-refractivity contribution in [1.29, 1.82) is 0 Å². The van der Waals surface area contributed by atoms with E-state index in [2.05, 4.69) is 6.92 Å². The first-order chi connectivity index (χ1) is 8.54. The van der Waals surface area contributed by atoms with E-state index in [4.69, 9.17) is 23.2 Å². The normalized spacial score (nSPS) is 25.6. The summed E-state index contributed by atoms with van der Waals surface area (Å²) in [6, 6.07) is 7.10. The van der Waals surface area contributed by atoms with E-state index < -0.39 is 0 Å². The fourth-order valence-electron chi connectivity index (χ4n) is 1.51. The summed E-state index contributed by atoms with van der Waals surface area (Å²) in [5.74, 6) is 1.47. The number of ketones is 1. The van der Waals surface area contributed by atoms with Crippen LogP contribution in [-0.2, 0) is 0 Å². The fraction of sp³-hybridized carbons (Fsp3) is 0.308. The molecule has 1 aromatic rings. The van der Waals surface area contributed by atoms with Crippen LogP contribution in [0.1, 0.15) is 17.3 Å². The Hall–Kier alpha value is -0.0900. The maximum Gasteiger partial charge on any atom is 0.188 e. The van der Waals surface area contributed by atoms with Gasteiger partial charge in [0.1, 0.15) is 0 Å². The summed E-state index contributed by atoms with van der Waals surface area (Å²) >= 11 is 15.3. The van der Waals surface area contributed by atoms with Crippen LogP contribution in [0.25, 0.3) is 0 Å². The molecule has 0 unspecified atom stereocenters. The van der Waals surface area contributed by atoms with Gasteiger partial charge in [-0.3, -0.25) is 4.79 Å². The standard InChI is InChI=1S/C13H12Cl2OS2/c1-13(7-14)8-17-12(18-13)6-11(16)9-4-2-3-5-10(9)15/h2-6H,7-8H2,1H3/b12-6-/t13-/m1/s1. The zero-order valence-corrected chi connectivity index (χ0v) is 12.9. The molecule has 1 heterocycles. The molecular weight excluding hydrogens is 307 g/mol. The first-order valence-corrected chi connectivity index (χ1v) is 8.14. The SMILES string of the molecule is C[C@@]1(CCl)CS/C(=C/C(=O)c2ccccc2Cl)S1. The lowest BCUT2D eigenvalue weighted by atomic mass is 10.1. The quantitative estimate of drug-likeness (QED) is 0.451. The minimum Gasteiger partial charge on any atom is -0.289 e. The van der Waals surface area contributed by atoms with Crippen LogP contribution >= 0.6 is 46.7 Å². The van der Waals surface area contributed by atoms with E-state index >= 15 is 0 Å². The second-order valence-electron chi connectivity index (χ2n) is 4.28. The monoisotopic (exact) mass is 318 g/mol. The van der Waals surface area contributed by atoms with Gasteiger partial charge in [-0.05, 0) is 19.1 Å². The van der Waals surface area contributed by atoms with E-state index in [1.165, 1.54) is 0 Å². The third kappa shape index (κ3) is 3.27. The van der Waals surface area contributed by atoms with Crippen molar-refractivity contribution in [2.24, 2.45) is 0 Å². The second-order valence-corrected chi connectivity index (χ2v) is 7.86. The average Bonchev–Trinajstić information content (AvgIpc) is 2.72. The molecule has 0 N–H and O–H groups in total. The summed E-state index contributed by atoms with van der Waals surface area (Å²) < 4.78 is 1.04. The average molecular weight is 319 g/mol. The van der Waals surface area contributed by atoms with Crippen LogP contribution in [-0.4, -0.2) is 22.2 Å². The topological polar surface area (TPSA) is 17.1 Å². The van der Waals surface area contributed by atoms with Crippen molar-refractivity contribution in [3.05, 3.63) is 45.2 Å². The molecule has 96 valence electrons. The van der Waals surface area contributed by atoms with E-state index in [0.29, 0.717) is 16.5 Å². The molecule has 18 heavy (non-hydrogen) atoms. The lowest BCUT2D eigenvalue weighted by Crippen LogP contribution is -2.20. The van der Waals surface area contributed by atoms with Crippen LogP contribution in [0.3, 0.4) is 0 Å². The fourth-order valence-corrected chi connectivity index (χ4v) is 4.98. The Balaban J connectivity index is 2.16. The molecule has 0 aromatic heterocycles. The molecule has 0 saturated carbocycles. The van der Waals surface area contributed by atoms with Crippen molar-refractivity contribution < 1.29 is 4.79 Å². The first-order valence-electron chi connectivity index (χ1n) is 5.42. The Labute approximate surface area is 125 Å². The summed E-state index contributed by atoms with van der Waals surface area (Å²) in [5.41, 5.74) is 0.548. The van der Waals surface area contributed by atoms with Crippen LogP contribution in [0.5, 0.6) is 0 Å². The summed E-state index contributed by atoms with van der Waals surface area (Å²) in [4.78, 5) is 12.1. The van der Waals surface area contributed by atoms with Crippen LogP contribution in [0.15, 0.2) is 34.6 Å². The minimum absolute atomic E-state index is 0.0266. The van der Waals surface area contributed by atoms with Gasteiger partial charge < -0.3 is 0 Å².